The Bertz CT molecular complexity index is 84.6. The SMILES string of the molecule is O=P(O)(O)[O][SbH2].[AlH3].[H-].[Li+]. The molecule has 0 atom stereocenters. The molecule has 0 saturated carbocycles. The predicted octanol–water partition coefficient (Wildman–Crippen LogP) is -5.42. The average molecular weight is 259 g/mol. The Labute approximate surface area is 85.5 Å². The molecule has 0 aliphatic heterocycles. The summed E-state index contributed by atoms with van der Waals surface area (Å²) in [4.78, 5) is 15.5. The Balaban J connectivity index is -0.0000000417. The second kappa shape index (κ2) is 7.17. The smallest absolute Gasteiger partial charge is 1.00 e. The average Bonchev–Trinajstić information content (AvgIpc) is 1.35. The van der Waals surface area contributed by atoms with Crippen LogP contribution in [-0.2, 0) is 7.37 Å². The summed E-state index contributed by atoms with van der Waals surface area (Å²) in [6.07, 6.45) is 0. The van der Waals surface area contributed by atoms with Gasteiger partial charge in [0.1, 0.15) is 0 Å². The standard InChI is InChI=1S/Al.Li.H3O4P.Sb.6H/c;;1-5(2,3)4;;;;;;;/h;;(H3,1,2,3,4);;;;;;;/q;+1;;+1;;;;;;-1/p-1. The van der Waals surface area contributed by atoms with Crippen molar-refractivity contribution in [2.75, 3.05) is 0 Å². The van der Waals surface area contributed by atoms with E-state index in [2.05, 4.69) is 2.80 Å². The van der Waals surface area contributed by atoms with Crippen molar-refractivity contribution in [3.8, 4) is 0 Å². The molecule has 0 aromatic rings. The van der Waals surface area contributed by atoms with E-state index in [0.717, 1.165) is 0 Å². The van der Waals surface area contributed by atoms with Crippen molar-refractivity contribution in [3.05, 3.63) is 0 Å². The normalized spacial score (nSPS) is 8.88. The molecule has 0 bridgehead atoms. The molecule has 0 rings (SSSR count). The molecule has 0 heterocycles. The Morgan fingerprint density at radius 3 is 1.75 bits per heavy atom. The number of phosphoric acid groups is 1. The summed E-state index contributed by atoms with van der Waals surface area (Å²) in [5, 5.41) is 0. The fourth-order valence-electron chi connectivity index (χ4n) is 0. The van der Waals surface area contributed by atoms with Gasteiger partial charge < -0.3 is 1.43 Å². The number of rotatable bonds is 1. The molecule has 2 N–H and O–H groups in total. The topological polar surface area (TPSA) is 66.8 Å². The molecule has 0 aliphatic rings. The molecular formula is H8AlLiO4PSb. The number of hydrogen-bond acceptors (Lipinski definition) is 2. The van der Waals surface area contributed by atoms with Crippen LogP contribution in [0, 0.1) is 0 Å². The monoisotopic (exact) mass is 258 g/mol. The van der Waals surface area contributed by atoms with Gasteiger partial charge in [-0.05, 0) is 0 Å². The third-order valence-corrected chi connectivity index (χ3v) is 2.76. The third kappa shape index (κ3) is 15.7. The fraction of sp³-hybridized carbons (Fsp3) is 0. The van der Waals surface area contributed by atoms with Crippen LogP contribution < -0.4 is 18.9 Å². The molecule has 0 saturated heterocycles. The molecule has 0 radical (unpaired) electrons. The molecule has 4 nitrogen and oxygen atoms in total. The van der Waals surface area contributed by atoms with E-state index in [0.29, 0.717) is 0 Å². The van der Waals surface area contributed by atoms with Crippen LogP contribution in [-0.4, -0.2) is 50.6 Å². The molecule has 0 amide bonds. The quantitative estimate of drug-likeness (QED) is 0.364. The zero-order valence-corrected chi connectivity index (χ0v) is 7.93. The minimum atomic E-state index is -4.09. The van der Waals surface area contributed by atoms with Gasteiger partial charge in [0.2, 0.25) is 0 Å². The van der Waals surface area contributed by atoms with Gasteiger partial charge in [0.05, 0.1) is 0 Å². The van der Waals surface area contributed by atoms with Gasteiger partial charge >= 0.3 is 67.3 Å². The van der Waals surface area contributed by atoms with Crippen LogP contribution in [0.2, 0.25) is 0 Å². The molecule has 0 aromatic heterocycles. The van der Waals surface area contributed by atoms with E-state index in [9.17, 15) is 4.57 Å². The van der Waals surface area contributed by atoms with E-state index >= 15 is 0 Å². The van der Waals surface area contributed by atoms with Gasteiger partial charge in [-0.25, -0.2) is 0 Å². The minimum Gasteiger partial charge on any atom is -1.00 e. The van der Waals surface area contributed by atoms with Crippen LogP contribution in [0.3, 0.4) is 0 Å². The van der Waals surface area contributed by atoms with Crippen molar-refractivity contribution in [1.29, 1.82) is 0 Å². The molecule has 0 aromatic carbocycles. The van der Waals surface area contributed by atoms with E-state index in [-0.39, 0.29) is 61.1 Å². The minimum absolute atomic E-state index is 0. The maximum atomic E-state index is 9.50. The summed E-state index contributed by atoms with van der Waals surface area (Å²) in [7, 11) is -4.09. The summed E-state index contributed by atoms with van der Waals surface area (Å²) < 4.78 is 13.2. The molecule has 0 fully saturated rings. The first-order valence-corrected chi connectivity index (χ1v) is 3.88. The molecule has 0 aliphatic carbocycles. The Morgan fingerprint density at radius 1 is 1.62 bits per heavy atom. The third-order valence-electron chi connectivity index (χ3n) is 0.137. The van der Waals surface area contributed by atoms with E-state index in [4.69, 9.17) is 9.79 Å². The largest absolute Gasteiger partial charge is 1.00 e. The van der Waals surface area contributed by atoms with Crippen LogP contribution in [0.4, 0.5) is 0 Å². The van der Waals surface area contributed by atoms with Gasteiger partial charge in [-0.1, -0.05) is 0 Å². The van der Waals surface area contributed by atoms with E-state index in [1.807, 2.05) is 0 Å². The maximum absolute atomic E-state index is 9.50. The zero-order chi connectivity index (χ0) is 5.21. The van der Waals surface area contributed by atoms with Gasteiger partial charge in [-0.15, -0.1) is 0 Å². The van der Waals surface area contributed by atoms with Gasteiger partial charge in [-0.2, -0.15) is 0 Å². The Morgan fingerprint density at radius 2 is 1.75 bits per heavy atom. The van der Waals surface area contributed by atoms with Gasteiger partial charge in [0.15, 0.2) is 17.4 Å². The molecule has 8 heavy (non-hydrogen) atoms. The van der Waals surface area contributed by atoms with Gasteiger partial charge in [0, 0.05) is 0 Å². The predicted molar refractivity (Wildman–Crippen MR) is 32.7 cm³/mol. The molecule has 0 unspecified atom stereocenters. The summed E-state index contributed by atoms with van der Waals surface area (Å²) in [5.41, 5.74) is 0. The second-order valence-corrected chi connectivity index (χ2v) is 3.59. The maximum Gasteiger partial charge on any atom is 1.00 e. The van der Waals surface area contributed by atoms with Crippen molar-refractivity contribution in [1.82, 2.24) is 0 Å². The van der Waals surface area contributed by atoms with Crippen LogP contribution in [0.15, 0.2) is 0 Å². The Kier molecular flexibility index (Phi) is 14.8. The summed E-state index contributed by atoms with van der Waals surface area (Å²) in [5.74, 6) is 0. The van der Waals surface area contributed by atoms with Crippen LogP contribution >= 0.6 is 7.82 Å². The van der Waals surface area contributed by atoms with Crippen molar-refractivity contribution >= 4 is 48.6 Å². The number of hydrogen-bond donors (Lipinski definition) is 2. The molecule has 46 valence electrons. The molecule has 8 heteroatoms. The summed E-state index contributed by atoms with van der Waals surface area (Å²) in [6.45, 7) is 0. The van der Waals surface area contributed by atoms with Crippen molar-refractivity contribution in [3.63, 3.8) is 0 Å². The summed E-state index contributed by atoms with van der Waals surface area (Å²) >= 11 is 0.140. The molecule has 0 spiro atoms. The van der Waals surface area contributed by atoms with Crippen LogP contribution in [0.1, 0.15) is 1.43 Å². The van der Waals surface area contributed by atoms with E-state index in [1.165, 1.54) is 0 Å². The van der Waals surface area contributed by atoms with Gasteiger partial charge in [0.25, 0.3) is 0 Å². The van der Waals surface area contributed by atoms with E-state index < -0.39 is 7.82 Å². The zero-order valence-electron chi connectivity index (χ0n) is 4.74. The van der Waals surface area contributed by atoms with Crippen LogP contribution in [0.25, 0.3) is 0 Å². The van der Waals surface area contributed by atoms with E-state index in [1.54, 1.807) is 0 Å². The molecular weight excluding hydrogens is 251 g/mol. The van der Waals surface area contributed by atoms with Crippen LogP contribution in [0.5, 0.6) is 0 Å². The first-order valence-electron chi connectivity index (χ1n) is 1.00. The van der Waals surface area contributed by atoms with Crippen molar-refractivity contribution < 1.29 is 37.4 Å². The van der Waals surface area contributed by atoms with Crippen molar-refractivity contribution in [2.45, 2.75) is 0 Å². The summed E-state index contributed by atoms with van der Waals surface area (Å²) in [6, 6.07) is 0. The van der Waals surface area contributed by atoms with Crippen molar-refractivity contribution in [2.24, 2.45) is 0 Å². The van der Waals surface area contributed by atoms with Gasteiger partial charge in [-0.3, -0.25) is 0 Å². The first kappa shape index (κ1) is 16.6. The fourth-order valence-corrected chi connectivity index (χ4v) is 0. The first-order chi connectivity index (χ1) is 2.56. The Hall–Kier alpha value is 2.06. The second-order valence-electron chi connectivity index (χ2n) is 0.596.